The Balaban J connectivity index is 2.35. The smallest absolute Gasteiger partial charge is 0.282 e. The molecule has 1 amide bonds. The number of nitrogens with zero attached hydrogens (tertiary/aromatic N) is 2. The Morgan fingerprint density at radius 3 is 2.86 bits per heavy atom. The van der Waals surface area contributed by atoms with E-state index in [0.717, 1.165) is 0 Å². The van der Waals surface area contributed by atoms with Crippen molar-refractivity contribution < 1.29 is 14.8 Å². The number of benzene rings is 1. The zero-order valence-corrected chi connectivity index (χ0v) is 11.7. The Hall–Kier alpha value is -2.19. The van der Waals surface area contributed by atoms with Crippen molar-refractivity contribution in [1.82, 2.24) is 4.90 Å². The topological polar surface area (TPSA) is 122 Å². The van der Waals surface area contributed by atoms with E-state index in [2.05, 4.69) is 5.43 Å². The summed E-state index contributed by atoms with van der Waals surface area (Å²) >= 11 is 0. The normalized spacial score (nSPS) is 22.0. The van der Waals surface area contributed by atoms with Gasteiger partial charge in [0.05, 0.1) is 10.5 Å². The van der Waals surface area contributed by atoms with Crippen molar-refractivity contribution >= 4 is 17.3 Å². The maximum absolute atomic E-state index is 12.5. The predicted octanol–water partition coefficient (Wildman–Crippen LogP) is 0.867. The maximum atomic E-state index is 12.5. The van der Waals surface area contributed by atoms with Crippen LogP contribution in [0.5, 0.6) is 0 Å². The van der Waals surface area contributed by atoms with Gasteiger partial charge in [-0.25, -0.2) is 0 Å². The van der Waals surface area contributed by atoms with Gasteiger partial charge in [0.25, 0.3) is 11.6 Å². The van der Waals surface area contributed by atoms with Crippen LogP contribution in [0.15, 0.2) is 18.2 Å². The summed E-state index contributed by atoms with van der Waals surface area (Å²) in [6, 6.07) is 4.02. The van der Waals surface area contributed by atoms with E-state index in [4.69, 9.17) is 5.84 Å². The number of anilines is 1. The fraction of sp³-hybridized carbons (Fsp3) is 0.462. The zero-order valence-electron chi connectivity index (χ0n) is 11.7. The summed E-state index contributed by atoms with van der Waals surface area (Å²) in [6.45, 7) is 2.27. The maximum Gasteiger partial charge on any atom is 0.282 e. The van der Waals surface area contributed by atoms with Crippen molar-refractivity contribution in [2.24, 2.45) is 5.84 Å². The van der Waals surface area contributed by atoms with Crippen molar-refractivity contribution in [2.45, 2.75) is 25.4 Å². The number of carbonyl (C=O) groups excluding carboxylic acids is 1. The molecule has 2 rings (SSSR count). The van der Waals surface area contributed by atoms with E-state index in [9.17, 15) is 20.0 Å². The van der Waals surface area contributed by atoms with Crippen LogP contribution in [-0.2, 0) is 0 Å². The van der Waals surface area contributed by atoms with Gasteiger partial charge in [0.15, 0.2) is 0 Å². The lowest BCUT2D eigenvalue weighted by atomic mass is 9.94. The minimum atomic E-state index is -0.966. The predicted molar refractivity (Wildman–Crippen MR) is 76.7 cm³/mol. The minimum absolute atomic E-state index is 0.0341. The van der Waals surface area contributed by atoms with E-state index < -0.39 is 16.4 Å². The monoisotopic (exact) mass is 294 g/mol. The number of nitrogens with one attached hydrogen (secondary N) is 1. The SMILES string of the molecule is CC1(O)CCCN(C(=O)c2cc(NN)ccc2[N+](=O)[O-])C1. The van der Waals surface area contributed by atoms with Crippen LogP contribution in [0.25, 0.3) is 0 Å². The first-order valence-corrected chi connectivity index (χ1v) is 6.61. The first-order valence-electron chi connectivity index (χ1n) is 6.61. The van der Waals surface area contributed by atoms with Gasteiger partial charge in [0.2, 0.25) is 0 Å². The first-order chi connectivity index (χ1) is 9.84. The van der Waals surface area contributed by atoms with E-state index in [1.807, 2.05) is 0 Å². The van der Waals surface area contributed by atoms with Crippen molar-refractivity contribution in [2.75, 3.05) is 18.5 Å². The molecule has 4 N–H and O–H groups in total. The molecule has 0 spiro atoms. The Morgan fingerprint density at radius 1 is 1.57 bits per heavy atom. The number of β-amino-alcohol motifs (C(OH)–C–C–N with tert-alkyl or cyclic N) is 1. The largest absolute Gasteiger partial charge is 0.388 e. The van der Waals surface area contributed by atoms with Crippen LogP contribution < -0.4 is 11.3 Å². The molecular formula is C13H18N4O4. The van der Waals surface area contributed by atoms with Crippen LogP contribution in [0, 0.1) is 10.1 Å². The van der Waals surface area contributed by atoms with Crippen molar-refractivity contribution in [3.63, 3.8) is 0 Å². The molecule has 1 saturated heterocycles. The van der Waals surface area contributed by atoms with Crippen LogP contribution >= 0.6 is 0 Å². The second-order valence-electron chi connectivity index (χ2n) is 5.46. The molecule has 8 heteroatoms. The van der Waals surface area contributed by atoms with Crippen LogP contribution in [-0.4, -0.2) is 39.5 Å². The van der Waals surface area contributed by atoms with Gasteiger partial charge in [-0.15, -0.1) is 0 Å². The Kier molecular flexibility index (Phi) is 4.10. The Labute approximate surface area is 121 Å². The molecule has 1 unspecified atom stereocenters. The zero-order chi connectivity index (χ0) is 15.6. The molecule has 0 radical (unpaired) electrons. The van der Waals surface area contributed by atoms with Gasteiger partial charge in [-0.1, -0.05) is 0 Å². The molecule has 1 atom stereocenters. The van der Waals surface area contributed by atoms with Crippen LogP contribution in [0.2, 0.25) is 0 Å². The van der Waals surface area contributed by atoms with Crippen molar-refractivity contribution in [3.05, 3.63) is 33.9 Å². The first kappa shape index (κ1) is 15.2. The summed E-state index contributed by atoms with van der Waals surface area (Å²) in [5.41, 5.74) is 1.50. The number of rotatable bonds is 3. The van der Waals surface area contributed by atoms with Crippen molar-refractivity contribution in [3.8, 4) is 0 Å². The van der Waals surface area contributed by atoms with E-state index in [1.54, 1.807) is 6.92 Å². The number of nitrogens with two attached hydrogens (primary N) is 1. The van der Waals surface area contributed by atoms with Gasteiger partial charge < -0.3 is 15.4 Å². The second kappa shape index (κ2) is 5.66. The number of amides is 1. The van der Waals surface area contributed by atoms with Gasteiger partial charge >= 0.3 is 0 Å². The molecule has 1 aromatic carbocycles. The average molecular weight is 294 g/mol. The molecule has 0 bridgehead atoms. The quantitative estimate of drug-likeness (QED) is 0.432. The highest BCUT2D eigenvalue weighted by atomic mass is 16.6. The number of hydrogen-bond acceptors (Lipinski definition) is 6. The third-order valence-corrected chi connectivity index (χ3v) is 3.55. The van der Waals surface area contributed by atoms with Crippen LogP contribution in [0.4, 0.5) is 11.4 Å². The Morgan fingerprint density at radius 2 is 2.29 bits per heavy atom. The number of nitro groups is 1. The van der Waals surface area contributed by atoms with E-state index in [1.165, 1.54) is 23.1 Å². The fourth-order valence-corrected chi connectivity index (χ4v) is 2.52. The van der Waals surface area contributed by atoms with Gasteiger partial charge in [-0.2, -0.15) is 0 Å². The summed E-state index contributed by atoms with van der Waals surface area (Å²) in [4.78, 5) is 24.4. The molecule has 0 aromatic heterocycles. The number of hydrazine groups is 1. The number of nitro benzene ring substituents is 1. The van der Waals surface area contributed by atoms with Gasteiger partial charge in [-0.3, -0.25) is 20.8 Å². The lowest BCUT2D eigenvalue weighted by Gasteiger charge is -2.36. The summed E-state index contributed by atoms with van der Waals surface area (Å²) in [6.07, 6.45) is 1.25. The van der Waals surface area contributed by atoms with Gasteiger partial charge in [0, 0.05) is 24.8 Å². The highest BCUT2D eigenvalue weighted by molar-refractivity contribution is 5.99. The molecule has 1 fully saturated rings. The molecule has 0 aliphatic carbocycles. The minimum Gasteiger partial charge on any atom is -0.388 e. The Bertz CT molecular complexity index is 573. The summed E-state index contributed by atoms with van der Waals surface area (Å²) < 4.78 is 0. The molecule has 1 aliphatic rings. The second-order valence-corrected chi connectivity index (χ2v) is 5.46. The molecule has 21 heavy (non-hydrogen) atoms. The van der Waals surface area contributed by atoms with E-state index in [-0.39, 0.29) is 17.8 Å². The number of piperidine rings is 1. The third kappa shape index (κ3) is 3.29. The van der Waals surface area contributed by atoms with E-state index >= 15 is 0 Å². The van der Waals surface area contributed by atoms with Crippen molar-refractivity contribution in [1.29, 1.82) is 0 Å². The molecule has 8 nitrogen and oxygen atoms in total. The van der Waals surface area contributed by atoms with Crippen LogP contribution in [0.3, 0.4) is 0 Å². The molecule has 114 valence electrons. The van der Waals surface area contributed by atoms with E-state index in [0.29, 0.717) is 25.1 Å². The summed E-state index contributed by atoms with van der Waals surface area (Å²) in [7, 11) is 0. The summed E-state index contributed by atoms with van der Waals surface area (Å²) in [5, 5.41) is 21.1. The third-order valence-electron chi connectivity index (χ3n) is 3.55. The number of carbonyl (C=O) groups is 1. The highest BCUT2D eigenvalue weighted by Gasteiger charge is 2.33. The number of hydrogen-bond donors (Lipinski definition) is 3. The van der Waals surface area contributed by atoms with Gasteiger partial charge in [-0.05, 0) is 31.9 Å². The molecule has 1 aliphatic heterocycles. The fourth-order valence-electron chi connectivity index (χ4n) is 2.52. The molecule has 1 aromatic rings. The highest BCUT2D eigenvalue weighted by Crippen LogP contribution is 2.27. The standard InChI is InChI=1S/C13H18N4O4/c1-13(19)5-2-6-16(8-13)12(18)10-7-9(15-14)3-4-11(10)17(20)21/h3-4,7,15,19H,2,5-6,8,14H2,1H3. The molecular weight excluding hydrogens is 276 g/mol. The summed E-state index contributed by atoms with van der Waals surface area (Å²) in [5.74, 6) is 4.81. The number of nitrogen functional groups attached to an aromatic ring is 1. The number of aliphatic hydroxyl groups is 1. The average Bonchev–Trinajstić information content (AvgIpc) is 2.44. The van der Waals surface area contributed by atoms with Gasteiger partial charge in [0.1, 0.15) is 5.56 Å². The lowest BCUT2D eigenvalue weighted by Crippen LogP contribution is -2.48. The molecule has 1 heterocycles. The van der Waals surface area contributed by atoms with Crippen LogP contribution in [0.1, 0.15) is 30.1 Å². The lowest BCUT2D eigenvalue weighted by molar-refractivity contribution is -0.385. The number of likely N-dealkylation sites (tertiary alicyclic amines) is 1. The molecule has 0 saturated carbocycles.